The molecular formula is C15H18ClN3O. The molecule has 5 heteroatoms. The number of aryl methyl sites for hydroxylation is 1. The van der Waals surface area contributed by atoms with Crippen LogP contribution in [-0.2, 0) is 20.0 Å². The molecule has 0 saturated carbocycles. The van der Waals surface area contributed by atoms with Crippen LogP contribution in [0.1, 0.15) is 11.1 Å². The molecule has 4 nitrogen and oxygen atoms in total. The van der Waals surface area contributed by atoms with Gasteiger partial charge in [-0.05, 0) is 36.2 Å². The van der Waals surface area contributed by atoms with Crippen LogP contribution in [0.2, 0.25) is 0 Å². The standard InChI is InChI=1S/C15H17N3O.ClH/c1-18-8-6-12(9-15(18)19)17-14-4-2-3-11-5-7-16-10-13(11)14;/h2-4,6,8-9,16-17H,5,7,10H2,1H3;1H. The van der Waals surface area contributed by atoms with E-state index in [1.165, 1.54) is 11.1 Å². The number of nitrogens with zero attached hydrogens (tertiary/aromatic N) is 1. The lowest BCUT2D eigenvalue weighted by Crippen LogP contribution is -2.24. The Kier molecular flexibility index (Phi) is 4.47. The highest BCUT2D eigenvalue weighted by molar-refractivity contribution is 5.85. The Morgan fingerprint density at radius 3 is 2.95 bits per heavy atom. The Morgan fingerprint density at radius 1 is 1.30 bits per heavy atom. The summed E-state index contributed by atoms with van der Waals surface area (Å²) in [7, 11) is 1.75. The average Bonchev–Trinajstić information content (AvgIpc) is 2.43. The first-order valence-corrected chi connectivity index (χ1v) is 6.49. The predicted octanol–water partition coefficient (Wildman–Crippen LogP) is 2.20. The van der Waals surface area contributed by atoms with Crippen molar-refractivity contribution in [3.63, 3.8) is 0 Å². The van der Waals surface area contributed by atoms with Crippen LogP contribution in [0.5, 0.6) is 0 Å². The molecule has 0 atom stereocenters. The molecule has 1 aliphatic heterocycles. The molecule has 0 aliphatic carbocycles. The first-order valence-electron chi connectivity index (χ1n) is 6.49. The summed E-state index contributed by atoms with van der Waals surface area (Å²) in [6.45, 7) is 1.91. The van der Waals surface area contributed by atoms with E-state index >= 15 is 0 Å². The molecule has 106 valence electrons. The highest BCUT2D eigenvalue weighted by Crippen LogP contribution is 2.25. The number of benzene rings is 1. The van der Waals surface area contributed by atoms with Crippen LogP contribution in [0.15, 0.2) is 41.3 Å². The quantitative estimate of drug-likeness (QED) is 0.892. The minimum absolute atomic E-state index is 0. The summed E-state index contributed by atoms with van der Waals surface area (Å²) in [5.74, 6) is 0. The third-order valence-corrected chi connectivity index (χ3v) is 3.53. The zero-order chi connectivity index (χ0) is 13.2. The van der Waals surface area contributed by atoms with Crippen LogP contribution in [-0.4, -0.2) is 11.1 Å². The largest absolute Gasteiger partial charge is 0.355 e. The van der Waals surface area contributed by atoms with Gasteiger partial charge in [-0.15, -0.1) is 12.4 Å². The molecule has 1 aromatic heterocycles. The van der Waals surface area contributed by atoms with Gasteiger partial charge in [0.05, 0.1) is 0 Å². The molecule has 3 rings (SSSR count). The second-order valence-corrected chi connectivity index (χ2v) is 4.86. The zero-order valence-corrected chi connectivity index (χ0v) is 12.2. The maximum Gasteiger partial charge on any atom is 0.252 e. The van der Waals surface area contributed by atoms with Crippen LogP contribution in [0.4, 0.5) is 11.4 Å². The van der Waals surface area contributed by atoms with Crippen molar-refractivity contribution >= 4 is 23.8 Å². The summed E-state index contributed by atoms with van der Waals surface area (Å²) < 4.78 is 1.56. The molecule has 0 radical (unpaired) electrons. The second kappa shape index (κ2) is 6.11. The summed E-state index contributed by atoms with van der Waals surface area (Å²) >= 11 is 0. The number of anilines is 2. The van der Waals surface area contributed by atoms with E-state index in [9.17, 15) is 4.79 Å². The monoisotopic (exact) mass is 291 g/mol. The summed E-state index contributed by atoms with van der Waals surface area (Å²) in [5, 5.41) is 6.73. The summed E-state index contributed by atoms with van der Waals surface area (Å²) in [5.41, 5.74) is 4.59. The SMILES string of the molecule is Cl.Cn1ccc(Nc2cccc3c2CNCC3)cc1=O. The van der Waals surface area contributed by atoms with Gasteiger partial charge in [0, 0.05) is 37.2 Å². The van der Waals surface area contributed by atoms with Gasteiger partial charge in [-0.3, -0.25) is 4.79 Å². The minimum atomic E-state index is -0.00655. The van der Waals surface area contributed by atoms with Gasteiger partial charge in [-0.25, -0.2) is 0 Å². The molecule has 2 N–H and O–H groups in total. The molecule has 0 saturated heterocycles. The van der Waals surface area contributed by atoms with Crippen LogP contribution in [0.3, 0.4) is 0 Å². The van der Waals surface area contributed by atoms with Crippen molar-refractivity contribution in [2.45, 2.75) is 13.0 Å². The molecule has 0 fully saturated rings. The fourth-order valence-corrected chi connectivity index (χ4v) is 2.41. The van der Waals surface area contributed by atoms with E-state index in [0.29, 0.717) is 0 Å². The number of rotatable bonds is 2. The Bertz CT molecular complexity index is 666. The second-order valence-electron chi connectivity index (χ2n) is 4.86. The summed E-state index contributed by atoms with van der Waals surface area (Å²) in [6, 6.07) is 9.83. The Labute approximate surface area is 124 Å². The van der Waals surface area contributed by atoms with E-state index in [4.69, 9.17) is 0 Å². The first kappa shape index (κ1) is 14.6. The average molecular weight is 292 g/mol. The third-order valence-electron chi connectivity index (χ3n) is 3.53. The molecule has 0 unspecified atom stereocenters. The van der Waals surface area contributed by atoms with Gasteiger partial charge in [0.2, 0.25) is 0 Å². The summed E-state index contributed by atoms with van der Waals surface area (Å²) in [6.07, 6.45) is 2.83. The molecule has 2 heterocycles. The van der Waals surface area contributed by atoms with Gasteiger partial charge in [0.25, 0.3) is 5.56 Å². The lowest BCUT2D eigenvalue weighted by atomic mass is 9.99. The number of nitrogens with one attached hydrogen (secondary N) is 2. The molecular weight excluding hydrogens is 274 g/mol. The topological polar surface area (TPSA) is 46.1 Å². The van der Waals surface area contributed by atoms with Gasteiger partial charge < -0.3 is 15.2 Å². The molecule has 1 aliphatic rings. The van der Waals surface area contributed by atoms with Crippen LogP contribution >= 0.6 is 12.4 Å². The molecule has 0 amide bonds. The van der Waals surface area contributed by atoms with Crippen LogP contribution in [0, 0.1) is 0 Å². The van der Waals surface area contributed by atoms with E-state index < -0.39 is 0 Å². The van der Waals surface area contributed by atoms with E-state index in [0.717, 1.165) is 30.9 Å². The third kappa shape index (κ3) is 2.86. The normalized spacial score (nSPS) is 13.2. The van der Waals surface area contributed by atoms with Crippen LogP contribution in [0.25, 0.3) is 0 Å². The number of fused-ring (bicyclic) bond motifs is 1. The number of halogens is 1. The molecule has 0 spiro atoms. The summed E-state index contributed by atoms with van der Waals surface area (Å²) in [4.78, 5) is 11.6. The van der Waals surface area contributed by atoms with E-state index in [1.54, 1.807) is 23.9 Å². The Morgan fingerprint density at radius 2 is 2.15 bits per heavy atom. The van der Waals surface area contributed by atoms with Gasteiger partial charge in [0.15, 0.2) is 0 Å². The Balaban J connectivity index is 0.00000147. The lowest BCUT2D eigenvalue weighted by Gasteiger charge is -2.21. The van der Waals surface area contributed by atoms with Crippen LogP contribution < -0.4 is 16.2 Å². The van der Waals surface area contributed by atoms with Crippen molar-refractivity contribution in [2.75, 3.05) is 11.9 Å². The lowest BCUT2D eigenvalue weighted by molar-refractivity contribution is 0.645. The van der Waals surface area contributed by atoms with Gasteiger partial charge >= 0.3 is 0 Å². The fourth-order valence-electron chi connectivity index (χ4n) is 2.41. The van der Waals surface area contributed by atoms with Crippen molar-refractivity contribution in [1.82, 2.24) is 9.88 Å². The Hall–Kier alpha value is -1.78. The molecule has 2 aromatic rings. The van der Waals surface area contributed by atoms with E-state index in [1.807, 2.05) is 6.07 Å². The fraction of sp³-hybridized carbons (Fsp3) is 0.267. The number of hydrogen-bond acceptors (Lipinski definition) is 3. The minimum Gasteiger partial charge on any atom is -0.355 e. The predicted molar refractivity (Wildman–Crippen MR) is 84.1 cm³/mol. The van der Waals surface area contributed by atoms with Crippen molar-refractivity contribution in [3.8, 4) is 0 Å². The number of aromatic nitrogens is 1. The van der Waals surface area contributed by atoms with Crippen molar-refractivity contribution in [1.29, 1.82) is 0 Å². The van der Waals surface area contributed by atoms with Crippen molar-refractivity contribution in [3.05, 3.63) is 58.0 Å². The molecule has 20 heavy (non-hydrogen) atoms. The maximum atomic E-state index is 11.6. The van der Waals surface area contributed by atoms with Gasteiger partial charge in [-0.2, -0.15) is 0 Å². The smallest absolute Gasteiger partial charge is 0.252 e. The highest BCUT2D eigenvalue weighted by atomic mass is 35.5. The number of pyridine rings is 1. The van der Waals surface area contributed by atoms with Gasteiger partial charge in [0.1, 0.15) is 0 Å². The van der Waals surface area contributed by atoms with Crippen molar-refractivity contribution in [2.24, 2.45) is 7.05 Å². The highest BCUT2D eigenvalue weighted by Gasteiger charge is 2.12. The first-order chi connectivity index (χ1) is 9.24. The number of hydrogen-bond donors (Lipinski definition) is 2. The zero-order valence-electron chi connectivity index (χ0n) is 11.3. The maximum absolute atomic E-state index is 11.6. The molecule has 1 aromatic carbocycles. The van der Waals surface area contributed by atoms with E-state index in [-0.39, 0.29) is 18.0 Å². The van der Waals surface area contributed by atoms with E-state index in [2.05, 4.69) is 28.8 Å². The van der Waals surface area contributed by atoms with Crippen molar-refractivity contribution < 1.29 is 0 Å². The van der Waals surface area contributed by atoms with Gasteiger partial charge in [-0.1, -0.05) is 12.1 Å². The molecule has 0 bridgehead atoms.